The Kier molecular flexibility index (Phi) is 4.64. The molecular formula is C18H21N3O3. The Morgan fingerprint density at radius 1 is 1.21 bits per heavy atom. The average Bonchev–Trinajstić information content (AvgIpc) is 3.00. The summed E-state index contributed by atoms with van der Waals surface area (Å²) in [6.45, 7) is 4.47. The van der Waals surface area contributed by atoms with Crippen LogP contribution in [0.25, 0.3) is 0 Å². The van der Waals surface area contributed by atoms with Gasteiger partial charge in [0.25, 0.3) is 0 Å². The minimum Gasteiger partial charge on any atom is -0.422 e. The third-order valence-electron chi connectivity index (χ3n) is 4.04. The highest BCUT2D eigenvalue weighted by molar-refractivity contribution is 5.92. The van der Waals surface area contributed by atoms with Crippen LogP contribution in [0.5, 0.6) is 5.75 Å². The van der Waals surface area contributed by atoms with Crippen molar-refractivity contribution in [3.63, 3.8) is 0 Å². The molecule has 3 rings (SSSR count). The number of benzene rings is 1. The number of hydrogen-bond donors (Lipinski definition) is 1. The number of aromatic nitrogens is 2. The van der Waals surface area contributed by atoms with Crippen LogP contribution in [0.3, 0.4) is 0 Å². The number of esters is 1. The van der Waals surface area contributed by atoms with Gasteiger partial charge in [0, 0.05) is 24.6 Å². The standard InChI is InChI=1S/C18H21N3O3/c1-12(2)17(22)20-13-6-8-14(9-7-13)24-18(23)15-11-19-16-5-3-4-10-21(15)16/h6-9,11-12H,3-5,10H2,1-2H3,(H,20,22). The Hall–Kier alpha value is -2.63. The van der Waals surface area contributed by atoms with E-state index < -0.39 is 5.97 Å². The molecule has 0 fully saturated rings. The molecule has 0 saturated heterocycles. The summed E-state index contributed by atoms with van der Waals surface area (Å²) < 4.78 is 7.35. The Balaban J connectivity index is 1.67. The van der Waals surface area contributed by atoms with E-state index in [1.807, 2.05) is 18.4 Å². The quantitative estimate of drug-likeness (QED) is 0.692. The van der Waals surface area contributed by atoms with E-state index in [9.17, 15) is 9.59 Å². The molecule has 0 spiro atoms. The van der Waals surface area contributed by atoms with Gasteiger partial charge >= 0.3 is 5.97 Å². The molecule has 0 unspecified atom stereocenters. The van der Waals surface area contributed by atoms with Crippen LogP contribution in [-0.2, 0) is 17.8 Å². The van der Waals surface area contributed by atoms with Crippen molar-refractivity contribution in [1.82, 2.24) is 9.55 Å². The van der Waals surface area contributed by atoms with Crippen LogP contribution in [0.4, 0.5) is 5.69 Å². The summed E-state index contributed by atoms with van der Waals surface area (Å²) >= 11 is 0. The molecule has 24 heavy (non-hydrogen) atoms. The lowest BCUT2D eigenvalue weighted by atomic mass is 10.1. The van der Waals surface area contributed by atoms with Crippen molar-refractivity contribution >= 4 is 17.6 Å². The van der Waals surface area contributed by atoms with E-state index in [0.29, 0.717) is 17.1 Å². The molecule has 126 valence electrons. The summed E-state index contributed by atoms with van der Waals surface area (Å²) in [5, 5.41) is 2.80. The second-order valence-corrected chi connectivity index (χ2v) is 6.23. The summed E-state index contributed by atoms with van der Waals surface area (Å²) in [5.74, 6) is 0.838. The number of imidazole rings is 1. The lowest BCUT2D eigenvalue weighted by Crippen LogP contribution is -2.19. The highest BCUT2D eigenvalue weighted by Crippen LogP contribution is 2.20. The van der Waals surface area contributed by atoms with E-state index >= 15 is 0 Å². The molecule has 0 aliphatic carbocycles. The van der Waals surface area contributed by atoms with Crippen molar-refractivity contribution in [1.29, 1.82) is 0 Å². The zero-order valence-electron chi connectivity index (χ0n) is 13.9. The summed E-state index contributed by atoms with van der Waals surface area (Å²) in [4.78, 5) is 28.3. The number of carbonyl (C=O) groups is 2. The maximum atomic E-state index is 12.3. The summed E-state index contributed by atoms with van der Waals surface area (Å²) in [7, 11) is 0. The van der Waals surface area contributed by atoms with E-state index in [4.69, 9.17) is 4.74 Å². The molecule has 1 aromatic carbocycles. The van der Waals surface area contributed by atoms with Gasteiger partial charge in [-0.1, -0.05) is 13.8 Å². The number of hydrogen-bond acceptors (Lipinski definition) is 4. The van der Waals surface area contributed by atoms with Crippen molar-refractivity contribution in [2.24, 2.45) is 5.92 Å². The molecule has 1 aliphatic rings. The lowest BCUT2D eigenvalue weighted by molar-refractivity contribution is -0.118. The highest BCUT2D eigenvalue weighted by Gasteiger charge is 2.20. The first-order chi connectivity index (χ1) is 11.5. The molecule has 6 nitrogen and oxygen atoms in total. The number of ether oxygens (including phenoxy) is 1. The first-order valence-corrected chi connectivity index (χ1v) is 8.22. The highest BCUT2D eigenvalue weighted by atomic mass is 16.5. The van der Waals surface area contributed by atoms with Crippen molar-refractivity contribution in [3.05, 3.63) is 42.0 Å². The fourth-order valence-electron chi connectivity index (χ4n) is 2.63. The molecule has 1 aliphatic heterocycles. The van der Waals surface area contributed by atoms with Crippen molar-refractivity contribution in [3.8, 4) is 5.75 Å². The second-order valence-electron chi connectivity index (χ2n) is 6.23. The normalized spacial score (nSPS) is 13.5. The Bertz CT molecular complexity index is 747. The van der Waals surface area contributed by atoms with Gasteiger partial charge in [0.05, 0.1) is 6.20 Å². The number of nitrogens with zero attached hydrogens (tertiary/aromatic N) is 2. The summed E-state index contributed by atoms with van der Waals surface area (Å²) in [6.07, 6.45) is 4.64. The van der Waals surface area contributed by atoms with E-state index in [2.05, 4.69) is 10.3 Å². The monoisotopic (exact) mass is 327 g/mol. The molecule has 0 atom stereocenters. The molecule has 0 radical (unpaired) electrons. The third-order valence-corrected chi connectivity index (χ3v) is 4.04. The van der Waals surface area contributed by atoms with Crippen LogP contribution in [0.15, 0.2) is 30.5 Å². The number of amides is 1. The maximum Gasteiger partial charge on any atom is 0.362 e. The molecule has 6 heteroatoms. The van der Waals surface area contributed by atoms with Gasteiger partial charge in [-0.05, 0) is 37.1 Å². The molecule has 0 saturated carbocycles. The number of rotatable bonds is 4. The lowest BCUT2D eigenvalue weighted by Gasteiger charge is -2.15. The molecule has 1 aromatic heterocycles. The Morgan fingerprint density at radius 3 is 2.67 bits per heavy atom. The molecule has 2 heterocycles. The van der Waals surface area contributed by atoms with Gasteiger partial charge in [-0.3, -0.25) is 4.79 Å². The van der Waals surface area contributed by atoms with Gasteiger partial charge in [0.1, 0.15) is 17.3 Å². The van der Waals surface area contributed by atoms with Crippen LogP contribution in [0.2, 0.25) is 0 Å². The third kappa shape index (κ3) is 3.48. The summed E-state index contributed by atoms with van der Waals surface area (Å²) in [6, 6.07) is 6.77. The molecule has 0 bridgehead atoms. The zero-order chi connectivity index (χ0) is 17.1. The smallest absolute Gasteiger partial charge is 0.362 e. The van der Waals surface area contributed by atoms with Crippen LogP contribution >= 0.6 is 0 Å². The number of aryl methyl sites for hydroxylation is 1. The molecule has 1 amide bonds. The van der Waals surface area contributed by atoms with E-state index in [-0.39, 0.29) is 11.8 Å². The Morgan fingerprint density at radius 2 is 1.96 bits per heavy atom. The number of anilines is 1. The molecule has 1 N–H and O–H groups in total. The fraction of sp³-hybridized carbons (Fsp3) is 0.389. The zero-order valence-corrected chi connectivity index (χ0v) is 13.9. The topological polar surface area (TPSA) is 73.2 Å². The van der Waals surface area contributed by atoms with Crippen LogP contribution < -0.4 is 10.1 Å². The largest absolute Gasteiger partial charge is 0.422 e. The van der Waals surface area contributed by atoms with Gasteiger partial charge in [-0.25, -0.2) is 9.78 Å². The van der Waals surface area contributed by atoms with E-state index in [1.165, 1.54) is 0 Å². The first-order valence-electron chi connectivity index (χ1n) is 8.22. The molecular weight excluding hydrogens is 306 g/mol. The SMILES string of the molecule is CC(C)C(=O)Nc1ccc(OC(=O)c2cnc3n2CCCC3)cc1. The fourth-order valence-corrected chi connectivity index (χ4v) is 2.63. The first kappa shape index (κ1) is 16.2. The number of nitrogens with one attached hydrogen (secondary N) is 1. The van der Waals surface area contributed by atoms with Gasteiger partial charge in [-0.15, -0.1) is 0 Å². The van der Waals surface area contributed by atoms with Gasteiger partial charge in [-0.2, -0.15) is 0 Å². The maximum absolute atomic E-state index is 12.3. The predicted octanol–water partition coefficient (Wildman–Crippen LogP) is 3.03. The summed E-state index contributed by atoms with van der Waals surface area (Å²) in [5.41, 5.74) is 1.16. The molecule has 2 aromatic rings. The van der Waals surface area contributed by atoms with Gasteiger partial charge in [0.15, 0.2) is 0 Å². The van der Waals surface area contributed by atoms with Crippen LogP contribution in [-0.4, -0.2) is 21.4 Å². The second kappa shape index (κ2) is 6.86. The van der Waals surface area contributed by atoms with Gasteiger partial charge < -0.3 is 14.6 Å². The van der Waals surface area contributed by atoms with E-state index in [1.54, 1.807) is 30.5 Å². The van der Waals surface area contributed by atoms with Crippen LogP contribution in [0, 0.1) is 5.92 Å². The van der Waals surface area contributed by atoms with Crippen LogP contribution in [0.1, 0.15) is 43.0 Å². The van der Waals surface area contributed by atoms with Crippen molar-refractivity contribution < 1.29 is 14.3 Å². The number of carbonyl (C=O) groups excluding carboxylic acids is 2. The van der Waals surface area contributed by atoms with Crippen molar-refractivity contribution in [2.45, 2.75) is 39.7 Å². The Labute approximate surface area is 140 Å². The average molecular weight is 327 g/mol. The minimum atomic E-state index is -0.408. The van der Waals surface area contributed by atoms with E-state index in [0.717, 1.165) is 31.6 Å². The predicted molar refractivity (Wildman–Crippen MR) is 90.0 cm³/mol. The van der Waals surface area contributed by atoms with Crippen molar-refractivity contribution in [2.75, 3.05) is 5.32 Å². The number of fused-ring (bicyclic) bond motifs is 1. The minimum absolute atomic E-state index is 0.0503. The van der Waals surface area contributed by atoms with Gasteiger partial charge in [0.2, 0.25) is 5.91 Å².